The minimum atomic E-state index is -0.391. The highest BCUT2D eigenvalue weighted by molar-refractivity contribution is 5.37. The first-order valence-corrected chi connectivity index (χ1v) is 6.59. The molecule has 0 aliphatic rings. The molecule has 5 heteroatoms. The molecular weight excluding hydrogens is 242 g/mol. The fourth-order valence-corrected chi connectivity index (χ4v) is 2.05. The summed E-state index contributed by atoms with van der Waals surface area (Å²) in [5.74, 6) is 0. The summed E-state index contributed by atoms with van der Waals surface area (Å²) in [6.45, 7) is 11.3. The smallest absolute Gasteiger partial charge is 0.290 e. The van der Waals surface area contributed by atoms with Crippen LogP contribution in [-0.2, 0) is 6.42 Å². The third-order valence-electron chi connectivity index (χ3n) is 3.25. The monoisotopic (exact) mass is 265 g/mol. The van der Waals surface area contributed by atoms with Crippen molar-refractivity contribution in [3.05, 3.63) is 33.6 Å². The van der Waals surface area contributed by atoms with Gasteiger partial charge in [0.25, 0.3) is 5.69 Å². The molecule has 1 N–H and O–H groups in total. The van der Waals surface area contributed by atoms with Crippen molar-refractivity contribution >= 4 is 5.69 Å². The normalized spacial score (nSPS) is 13.3. The van der Waals surface area contributed by atoms with Gasteiger partial charge in [0.1, 0.15) is 6.20 Å². The SMILES string of the molecule is CCNC(Cc1cc(C)c([N+](=O)[O-])cn1)C(C)(C)C. The maximum Gasteiger partial charge on any atom is 0.290 e. The molecule has 1 unspecified atom stereocenters. The van der Waals surface area contributed by atoms with Crippen molar-refractivity contribution in [1.29, 1.82) is 0 Å². The number of nitro groups is 1. The van der Waals surface area contributed by atoms with E-state index in [9.17, 15) is 10.1 Å². The van der Waals surface area contributed by atoms with Crippen LogP contribution in [0.2, 0.25) is 0 Å². The van der Waals surface area contributed by atoms with Gasteiger partial charge in [-0.3, -0.25) is 15.1 Å². The van der Waals surface area contributed by atoms with Crippen molar-refractivity contribution in [2.45, 2.75) is 47.1 Å². The largest absolute Gasteiger partial charge is 0.313 e. The van der Waals surface area contributed by atoms with Crippen LogP contribution in [0.25, 0.3) is 0 Å². The molecule has 0 fully saturated rings. The van der Waals surface area contributed by atoms with E-state index in [-0.39, 0.29) is 11.1 Å². The van der Waals surface area contributed by atoms with Crippen LogP contribution in [0.3, 0.4) is 0 Å². The highest BCUT2D eigenvalue weighted by Gasteiger charge is 2.24. The Balaban J connectivity index is 2.92. The Morgan fingerprint density at radius 1 is 1.47 bits per heavy atom. The Labute approximate surface area is 114 Å². The molecule has 1 aromatic rings. The summed E-state index contributed by atoms with van der Waals surface area (Å²) in [6, 6.07) is 2.11. The van der Waals surface area contributed by atoms with Gasteiger partial charge in [-0.05, 0) is 24.9 Å². The molecule has 19 heavy (non-hydrogen) atoms. The molecule has 1 atom stereocenters. The number of nitrogens with zero attached hydrogens (tertiary/aromatic N) is 2. The van der Waals surface area contributed by atoms with Gasteiger partial charge in [-0.15, -0.1) is 0 Å². The van der Waals surface area contributed by atoms with Gasteiger partial charge in [0.15, 0.2) is 0 Å². The van der Waals surface area contributed by atoms with Crippen LogP contribution in [0.4, 0.5) is 5.69 Å². The summed E-state index contributed by atoms with van der Waals surface area (Å²) < 4.78 is 0. The Hall–Kier alpha value is -1.49. The van der Waals surface area contributed by atoms with Gasteiger partial charge in [-0.1, -0.05) is 27.7 Å². The molecule has 1 heterocycles. The number of rotatable bonds is 5. The van der Waals surface area contributed by atoms with E-state index in [0.29, 0.717) is 11.6 Å². The topological polar surface area (TPSA) is 68.1 Å². The van der Waals surface area contributed by atoms with Crippen molar-refractivity contribution in [2.75, 3.05) is 6.54 Å². The van der Waals surface area contributed by atoms with E-state index >= 15 is 0 Å². The van der Waals surface area contributed by atoms with Crippen LogP contribution in [0.15, 0.2) is 12.3 Å². The number of hydrogen-bond donors (Lipinski definition) is 1. The molecule has 0 radical (unpaired) electrons. The molecule has 1 rings (SSSR count). The first-order valence-electron chi connectivity index (χ1n) is 6.59. The Morgan fingerprint density at radius 2 is 2.11 bits per heavy atom. The number of hydrogen-bond acceptors (Lipinski definition) is 4. The van der Waals surface area contributed by atoms with Gasteiger partial charge in [0.05, 0.1) is 4.92 Å². The average Bonchev–Trinajstić information content (AvgIpc) is 2.26. The fourth-order valence-electron chi connectivity index (χ4n) is 2.05. The first kappa shape index (κ1) is 15.6. The van der Waals surface area contributed by atoms with Gasteiger partial charge in [0, 0.05) is 23.7 Å². The third kappa shape index (κ3) is 4.28. The van der Waals surface area contributed by atoms with Crippen LogP contribution in [0, 0.1) is 22.5 Å². The van der Waals surface area contributed by atoms with Gasteiger partial charge >= 0.3 is 0 Å². The summed E-state index contributed by atoms with van der Waals surface area (Å²) in [5, 5.41) is 14.2. The van der Waals surface area contributed by atoms with Crippen LogP contribution >= 0.6 is 0 Å². The summed E-state index contributed by atoms with van der Waals surface area (Å²) in [4.78, 5) is 14.6. The van der Waals surface area contributed by atoms with Gasteiger partial charge in [-0.25, -0.2) is 0 Å². The predicted molar refractivity (Wildman–Crippen MR) is 76.3 cm³/mol. The second-order valence-corrected chi connectivity index (χ2v) is 5.90. The molecule has 0 aliphatic carbocycles. The summed E-state index contributed by atoms with van der Waals surface area (Å²) in [6.07, 6.45) is 2.13. The lowest BCUT2D eigenvalue weighted by Crippen LogP contribution is -2.42. The van der Waals surface area contributed by atoms with Crippen LogP contribution in [-0.4, -0.2) is 22.5 Å². The van der Waals surface area contributed by atoms with E-state index in [4.69, 9.17) is 0 Å². The summed E-state index contributed by atoms with van der Waals surface area (Å²) in [5.41, 5.74) is 1.76. The van der Waals surface area contributed by atoms with E-state index < -0.39 is 4.92 Å². The van der Waals surface area contributed by atoms with Crippen LogP contribution in [0.5, 0.6) is 0 Å². The van der Waals surface area contributed by atoms with Crippen LogP contribution < -0.4 is 5.32 Å². The molecule has 0 spiro atoms. The van der Waals surface area contributed by atoms with Crippen molar-refractivity contribution in [3.63, 3.8) is 0 Å². The average molecular weight is 265 g/mol. The minimum absolute atomic E-state index is 0.0829. The number of aromatic nitrogens is 1. The zero-order valence-corrected chi connectivity index (χ0v) is 12.4. The fraction of sp³-hybridized carbons (Fsp3) is 0.643. The van der Waals surface area contributed by atoms with Crippen molar-refractivity contribution in [1.82, 2.24) is 10.3 Å². The Bertz CT molecular complexity index is 452. The molecular formula is C14H23N3O2. The lowest BCUT2D eigenvalue weighted by Gasteiger charge is -2.31. The van der Waals surface area contributed by atoms with E-state index in [0.717, 1.165) is 18.7 Å². The van der Waals surface area contributed by atoms with Gasteiger partial charge < -0.3 is 5.32 Å². The lowest BCUT2D eigenvalue weighted by molar-refractivity contribution is -0.385. The Morgan fingerprint density at radius 3 is 2.53 bits per heavy atom. The number of nitrogens with one attached hydrogen (secondary N) is 1. The molecule has 0 aliphatic heterocycles. The van der Waals surface area contributed by atoms with E-state index in [2.05, 4.69) is 38.0 Å². The molecule has 0 saturated heterocycles. The zero-order chi connectivity index (χ0) is 14.6. The van der Waals surface area contributed by atoms with E-state index in [1.165, 1.54) is 6.20 Å². The molecule has 1 aromatic heterocycles. The summed E-state index contributed by atoms with van der Waals surface area (Å²) >= 11 is 0. The second kappa shape index (κ2) is 6.10. The number of aryl methyl sites for hydroxylation is 1. The third-order valence-corrected chi connectivity index (χ3v) is 3.25. The van der Waals surface area contributed by atoms with Gasteiger partial charge in [-0.2, -0.15) is 0 Å². The molecule has 106 valence electrons. The molecule has 0 amide bonds. The van der Waals surface area contributed by atoms with Crippen molar-refractivity contribution < 1.29 is 4.92 Å². The highest BCUT2D eigenvalue weighted by atomic mass is 16.6. The predicted octanol–water partition coefficient (Wildman–Crippen LogP) is 2.86. The first-order chi connectivity index (χ1) is 8.75. The maximum atomic E-state index is 10.8. The Kier molecular flexibility index (Phi) is 5.00. The van der Waals surface area contributed by atoms with Crippen LogP contribution in [0.1, 0.15) is 39.0 Å². The number of likely N-dealkylation sites (N-methyl/N-ethyl adjacent to an activating group) is 1. The highest BCUT2D eigenvalue weighted by Crippen LogP contribution is 2.24. The van der Waals surface area contributed by atoms with Gasteiger partial charge in [0.2, 0.25) is 0 Å². The van der Waals surface area contributed by atoms with E-state index in [1.54, 1.807) is 6.92 Å². The van der Waals surface area contributed by atoms with Crippen molar-refractivity contribution in [3.8, 4) is 0 Å². The quantitative estimate of drug-likeness (QED) is 0.656. The maximum absolute atomic E-state index is 10.8. The minimum Gasteiger partial charge on any atom is -0.313 e. The van der Waals surface area contributed by atoms with E-state index in [1.807, 2.05) is 6.07 Å². The zero-order valence-electron chi connectivity index (χ0n) is 12.4. The second-order valence-electron chi connectivity index (χ2n) is 5.90. The number of pyridine rings is 1. The standard InChI is InChI=1S/C14H23N3O2/c1-6-15-13(14(3,4)5)8-11-7-10(2)12(9-16-11)17(18)19/h7,9,13,15H,6,8H2,1-5H3. The summed E-state index contributed by atoms with van der Waals surface area (Å²) in [7, 11) is 0. The molecule has 0 bridgehead atoms. The lowest BCUT2D eigenvalue weighted by atomic mass is 9.84. The molecule has 0 aromatic carbocycles. The molecule has 5 nitrogen and oxygen atoms in total. The van der Waals surface area contributed by atoms with Crippen molar-refractivity contribution in [2.24, 2.45) is 5.41 Å². The molecule has 0 saturated carbocycles.